The highest BCUT2D eigenvalue weighted by atomic mass is 32.1. The molecule has 1 aromatic heterocycles. The van der Waals surface area contributed by atoms with Gasteiger partial charge in [-0.3, -0.25) is 9.59 Å². The fourth-order valence-corrected chi connectivity index (χ4v) is 3.93. The minimum absolute atomic E-state index is 0.0185. The molecule has 0 bridgehead atoms. The molecular formula is C19H17N3O2S. The Morgan fingerprint density at radius 3 is 2.88 bits per heavy atom. The molecule has 1 unspecified atom stereocenters. The first kappa shape index (κ1) is 15.8. The van der Waals surface area contributed by atoms with Crippen molar-refractivity contribution in [2.24, 2.45) is 5.92 Å². The van der Waals surface area contributed by atoms with Crippen molar-refractivity contribution in [3.05, 3.63) is 54.1 Å². The number of hydrogen-bond donors (Lipinski definition) is 1. The molecule has 5 nitrogen and oxygen atoms in total. The third kappa shape index (κ3) is 3.13. The Morgan fingerprint density at radius 1 is 1.24 bits per heavy atom. The van der Waals surface area contributed by atoms with Crippen LogP contribution in [-0.4, -0.2) is 23.3 Å². The van der Waals surface area contributed by atoms with Gasteiger partial charge in [-0.2, -0.15) is 0 Å². The van der Waals surface area contributed by atoms with Gasteiger partial charge < -0.3 is 10.2 Å². The summed E-state index contributed by atoms with van der Waals surface area (Å²) in [5.41, 5.74) is 2.81. The van der Waals surface area contributed by atoms with Crippen molar-refractivity contribution < 1.29 is 9.59 Å². The van der Waals surface area contributed by atoms with E-state index in [-0.39, 0.29) is 24.2 Å². The maximum atomic E-state index is 12.6. The van der Waals surface area contributed by atoms with Crippen LogP contribution in [0.1, 0.15) is 12.0 Å². The van der Waals surface area contributed by atoms with Crippen molar-refractivity contribution in [3.8, 4) is 0 Å². The fraction of sp³-hybridized carbons (Fsp3) is 0.211. The average molecular weight is 351 g/mol. The first-order valence-corrected chi connectivity index (χ1v) is 8.95. The van der Waals surface area contributed by atoms with Crippen LogP contribution in [0.15, 0.2) is 48.5 Å². The van der Waals surface area contributed by atoms with E-state index >= 15 is 0 Å². The van der Waals surface area contributed by atoms with E-state index in [0.717, 1.165) is 21.5 Å². The molecule has 1 saturated heterocycles. The number of carbonyl (C=O) groups excluding carboxylic acids is 2. The first-order chi connectivity index (χ1) is 12.1. The fourth-order valence-electron chi connectivity index (χ4n) is 3.06. The minimum atomic E-state index is -0.361. The molecular weight excluding hydrogens is 334 g/mol. The van der Waals surface area contributed by atoms with Gasteiger partial charge in [-0.15, -0.1) is 0 Å². The van der Waals surface area contributed by atoms with E-state index in [1.165, 1.54) is 11.3 Å². The summed E-state index contributed by atoms with van der Waals surface area (Å²) in [4.78, 5) is 31.0. The molecule has 1 N–H and O–H groups in total. The predicted molar refractivity (Wildman–Crippen MR) is 99.9 cm³/mol. The van der Waals surface area contributed by atoms with Gasteiger partial charge in [-0.05, 0) is 36.8 Å². The lowest BCUT2D eigenvalue weighted by Crippen LogP contribution is -2.28. The zero-order valence-corrected chi connectivity index (χ0v) is 14.5. The average Bonchev–Trinajstić information content (AvgIpc) is 3.17. The summed E-state index contributed by atoms with van der Waals surface area (Å²) in [5.74, 6) is -0.530. The van der Waals surface area contributed by atoms with Gasteiger partial charge in [0, 0.05) is 18.7 Å². The number of fused-ring (bicyclic) bond motifs is 1. The second kappa shape index (κ2) is 6.29. The van der Waals surface area contributed by atoms with Gasteiger partial charge in [-0.1, -0.05) is 35.6 Å². The number of nitrogens with zero attached hydrogens (tertiary/aromatic N) is 2. The van der Waals surface area contributed by atoms with Gasteiger partial charge in [0.1, 0.15) is 0 Å². The molecule has 0 radical (unpaired) electrons. The summed E-state index contributed by atoms with van der Waals surface area (Å²) >= 11 is 1.44. The van der Waals surface area contributed by atoms with Crippen LogP contribution in [0.5, 0.6) is 0 Å². The van der Waals surface area contributed by atoms with Gasteiger partial charge >= 0.3 is 0 Å². The summed E-state index contributed by atoms with van der Waals surface area (Å²) < 4.78 is 1.03. The molecule has 1 aliphatic rings. The Kier molecular flexibility index (Phi) is 3.97. The summed E-state index contributed by atoms with van der Waals surface area (Å²) in [6, 6.07) is 15.5. The highest BCUT2D eigenvalue weighted by molar-refractivity contribution is 7.22. The molecule has 0 spiro atoms. The Morgan fingerprint density at radius 2 is 2.08 bits per heavy atom. The maximum absolute atomic E-state index is 12.6. The molecule has 1 atom stereocenters. The number of nitrogens with one attached hydrogen (secondary N) is 1. The second-order valence-corrected chi connectivity index (χ2v) is 7.25. The highest BCUT2D eigenvalue weighted by Crippen LogP contribution is 2.29. The lowest BCUT2D eigenvalue weighted by atomic mass is 10.1. The molecule has 0 saturated carbocycles. The van der Waals surface area contributed by atoms with Crippen molar-refractivity contribution in [3.63, 3.8) is 0 Å². The zero-order valence-electron chi connectivity index (χ0n) is 13.7. The molecule has 1 aliphatic heterocycles. The van der Waals surface area contributed by atoms with Gasteiger partial charge in [0.15, 0.2) is 5.13 Å². The highest BCUT2D eigenvalue weighted by Gasteiger charge is 2.35. The Balaban J connectivity index is 1.48. The van der Waals surface area contributed by atoms with Crippen LogP contribution in [-0.2, 0) is 9.59 Å². The smallest absolute Gasteiger partial charge is 0.231 e. The van der Waals surface area contributed by atoms with Gasteiger partial charge in [0.25, 0.3) is 0 Å². The normalized spacial score (nSPS) is 17.2. The zero-order chi connectivity index (χ0) is 17.4. The van der Waals surface area contributed by atoms with E-state index < -0.39 is 0 Å². The molecule has 2 aromatic carbocycles. The number of rotatable bonds is 3. The van der Waals surface area contributed by atoms with Gasteiger partial charge in [0.05, 0.1) is 16.1 Å². The molecule has 3 aromatic rings. The molecule has 25 heavy (non-hydrogen) atoms. The number of carbonyl (C=O) groups is 2. The van der Waals surface area contributed by atoms with Crippen molar-refractivity contribution in [2.75, 3.05) is 16.8 Å². The minimum Gasteiger partial charge on any atom is -0.312 e. The van der Waals surface area contributed by atoms with Gasteiger partial charge in [-0.25, -0.2) is 4.98 Å². The SMILES string of the molecule is Cc1cccc(N2CC(C(=O)Nc3nc4ccccc4s3)CC2=O)c1. The standard InChI is InChI=1S/C19H17N3O2S/c1-12-5-4-6-14(9-12)22-11-13(10-17(22)23)18(24)21-19-20-15-7-2-3-8-16(15)25-19/h2-9,13H,10-11H2,1H3,(H,20,21,24). The number of benzene rings is 2. The lowest BCUT2D eigenvalue weighted by Gasteiger charge is -2.17. The summed E-state index contributed by atoms with van der Waals surface area (Å²) in [5, 5.41) is 3.44. The Bertz CT molecular complexity index is 933. The van der Waals surface area contributed by atoms with E-state index in [1.807, 2.05) is 55.5 Å². The summed E-state index contributed by atoms with van der Waals surface area (Å²) in [6.45, 7) is 2.39. The largest absolute Gasteiger partial charge is 0.312 e. The number of aromatic nitrogens is 1. The molecule has 1 fully saturated rings. The molecule has 126 valence electrons. The van der Waals surface area contributed by atoms with Crippen molar-refractivity contribution >= 4 is 44.2 Å². The number of para-hydroxylation sites is 1. The topological polar surface area (TPSA) is 62.3 Å². The summed E-state index contributed by atoms with van der Waals surface area (Å²) in [6.07, 6.45) is 0.227. The van der Waals surface area contributed by atoms with Crippen LogP contribution in [0.3, 0.4) is 0 Å². The van der Waals surface area contributed by atoms with E-state index in [1.54, 1.807) is 4.90 Å². The quantitative estimate of drug-likeness (QED) is 0.784. The molecule has 0 aliphatic carbocycles. The first-order valence-electron chi connectivity index (χ1n) is 8.13. The van der Waals surface area contributed by atoms with Crippen molar-refractivity contribution in [1.29, 1.82) is 0 Å². The van der Waals surface area contributed by atoms with Crippen molar-refractivity contribution in [2.45, 2.75) is 13.3 Å². The second-order valence-electron chi connectivity index (χ2n) is 6.22. The number of amides is 2. The van der Waals surface area contributed by atoms with E-state index in [9.17, 15) is 9.59 Å². The van der Waals surface area contributed by atoms with Crippen LogP contribution in [0.25, 0.3) is 10.2 Å². The van der Waals surface area contributed by atoms with Gasteiger partial charge in [0.2, 0.25) is 11.8 Å². The Hall–Kier alpha value is -2.73. The molecule has 2 amide bonds. The third-order valence-corrected chi connectivity index (χ3v) is 5.29. The summed E-state index contributed by atoms with van der Waals surface area (Å²) in [7, 11) is 0. The van der Waals surface area contributed by atoms with Crippen LogP contribution >= 0.6 is 11.3 Å². The Labute approximate surface area is 149 Å². The van der Waals surface area contributed by atoms with E-state index in [2.05, 4.69) is 10.3 Å². The predicted octanol–water partition coefficient (Wildman–Crippen LogP) is 3.60. The lowest BCUT2D eigenvalue weighted by molar-refractivity contribution is -0.122. The third-order valence-electron chi connectivity index (χ3n) is 4.33. The number of hydrogen-bond acceptors (Lipinski definition) is 4. The number of aryl methyl sites for hydroxylation is 1. The molecule has 4 rings (SSSR count). The molecule has 6 heteroatoms. The van der Waals surface area contributed by atoms with Crippen molar-refractivity contribution in [1.82, 2.24) is 4.98 Å². The maximum Gasteiger partial charge on any atom is 0.231 e. The van der Waals surface area contributed by atoms with Crippen LogP contribution < -0.4 is 10.2 Å². The number of anilines is 2. The van der Waals surface area contributed by atoms with Crippen LogP contribution in [0.4, 0.5) is 10.8 Å². The van der Waals surface area contributed by atoms with E-state index in [0.29, 0.717) is 11.7 Å². The monoisotopic (exact) mass is 351 g/mol. The van der Waals surface area contributed by atoms with Crippen LogP contribution in [0, 0.1) is 12.8 Å². The molecule has 2 heterocycles. The van der Waals surface area contributed by atoms with Crippen LogP contribution in [0.2, 0.25) is 0 Å². The number of thiazole rings is 1. The van der Waals surface area contributed by atoms with E-state index in [4.69, 9.17) is 0 Å².